The summed E-state index contributed by atoms with van der Waals surface area (Å²) >= 11 is 1.84. The summed E-state index contributed by atoms with van der Waals surface area (Å²) in [7, 11) is 1.95. The molecule has 17 heavy (non-hydrogen) atoms. The quantitative estimate of drug-likeness (QED) is 0.845. The summed E-state index contributed by atoms with van der Waals surface area (Å²) in [5.41, 5.74) is 8.18. The highest BCUT2D eigenvalue weighted by Gasteiger charge is 2.11. The van der Waals surface area contributed by atoms with Crippen LogP contribution in [-0.2, 0) is 7.05 Å². The molecule has 1 unspecified atom stereocenters. The Balaban J connectivity index is 2.16. The maximum Gasteiger partial charge on any atom is 0.0947 e. The molecule has 0 saturated heterocycles. The van der Waals surface area contributed by atoms with Crippen molar-refractivity contribution < 1.29 is 0 Å². The molecular formula is C13H17N3S. The molecule has 0 saturated carbocycles. The van der Waals surface area contributed by atoms with Crippen molar-refractivity contribution in [3.05, 3.63) is 48.0 Å². The van der Waals surface area contributed by atoms with Gasteiger partial charge in [0.25, 0.3) is 0 Å². The normalized spacial score (nSPS) is 12.6. The molecule has 0 spiro atoms. The lowest BCUT2D eigenvalue weighted by molar-refractivity contribution is 0.833. The highest BCUT2D eigenvalue weighted by molar-refractivity contribution is 7.99. The number of hydrogen-bond donors (Lipinski definition) is 1. The second kappa shape index (κ2) is 5.38. The van der Waals surface area contributed by atoms with Crippen LogP contribution in [0.3, 0.4) is 0 Å². The molecule has 2 N–H and O–H groups in total. The monoisotopic (exact) mass is 247 g/mol. The molecule has 0 bridgehead atoms. The second-order valence-corrected chi connectivity index (χ2v) is 5.28. The Morgan fingerprint density at radius 3 is 2.59 bits per heavy atom. The summed E-state index contributed by atoms with van der Waals surface area (Å²) in [5.74, 6) is 1.09. The Kier molecular flexibility index (Phi) is 3.86. The highest BCUT2D eigenvalue weighted by Crippen LogP contribution is 2.22. The van der Waals surface area contributed by atoms with E-state index in [2.05, 4.69) is 36.2 Å². The van der Waals surface area contributed by atoms with Gasteiger partial charge in [-0.05, 0) is 23.4 Å². The van der Waals surface area contributed by atoms with Crippen molar-refractivity contribution in [3.63, 3.8) is 0 Å². The number of aryl methyl sites for hydroxylation is 1. The van der Waals surface area contributed by atoms with E-state index >= 15 is 0 Å². The van der Waals surface area contributed by atoms with E-state index < -0.39 is 0 Å². The summed E-state index contributed by atoms with van der Waals surface area (Å²) in [6.07, 6.45) is 3.73. The first kappa shape index (κ1) is 12.2. The van der Waals surface area contributed by atoms with Crippen molar-refractivity contribution >= 4 is 11.8 Å². The van der Waals surface area contributed by atoms with E-state index in [1.54, 1.807) is 6.33 Å². The average Bonchev–Trinajstić information content (AvgIpc) is 2.76. The van der Waals surface area contributed by atoms with Crippen LogP contribution in [0.15, 0.2) is 41.7 Å². The molecule has 2 aromatic rings. The lowest BCUT2D eigenvalue weighted by Gasteiger charge is -2.09. The molecule has 90 valence electrons. The minimum absolute atomic E-state index is 0.142. The molecule has 0 amide bonds. The summed E-state index contributed by atoms with van der Waals surface area (Å²) in [6.45, 7) is 2.15. The first-order chi connectivity index (χ1) is 8.20. The average molecular weight is 247 g/mol. The molecule has 1 aromatic carbocycles. The van der Waals surface area contributed by atoms with Crippen LogP contribution in [0.2, 0.25) is 0 Å². The number of imidazole rings is 1. The SMILES string of the molecule is CCSc1ccc(C(N)c2cn(C)cn2)cc1. The van der Waals surface area contributed by atoms with Crippen LogP contribution in [0.1, 0.15) is 24.2 Å². The molecule has 1 heterocycles. The van der Waals surface area contributed by atoms with Gasteiger partial charge < -0.3 is 10.3 Å². The lowest BCUT2D eigenvalue weighted by Crippen LogP contribution is -2.12. The van der Waals surface area contributed by atoms with Crippen LogP contribution >= 0.6 is 11.8 Å². The first-order valence-electron chi connectivity index (χ1n) is 5.67. The van der Waals surface area contributed by atoms with Crippen LogP contribution in [0.5, 0.6) is 0 Å². The van der Waals surface area contributed by atoms with E-state index in [9.17, 15) is 0 Å². The van der Waals surface area contributed by atoms with Crippen molar-refractivity contribution in [2.75, 3.05) is 5.75 Å². The molecule has 4 heteroatoms. The highest BCUT2D eigenvalue weighted by atomic mass is 32.2. The van der Waals surface area contributed by atoms with E-state index in [1.165, 1.54) is 4.90 Å². The summed E-state index contributed by atoms with van der Waals surface area (Å²) < 4.78 is 1.91. The van der Waals surface area contributed by atoms with E-state index in [1.807, 2.05) is 29.6 Å². The zero-order valence-corrected chi connectivity index (χ0v) is 10.9. The Hall–Kier alpha value is -1.26. The van der Waals surface area contributed by atoms with Gasteiger partial charge in [-0.1, -0.05) is 19.1 Å². The van der Waals surface area contributed by atoms with E-state index in [0.29, 0.717) is 0 Å². The van der Waals surface area contributed by atoms with Crippen LogP contribution in [0.25, 0.3) is 0 Å². The number of aromatic nitrogens is 2. The zero-order chi connectivity index (χ0) is 12.3. The first-order valence-corrected chi connectivity index (χ1v) is 6.65. The van der Waals surface area contributed by atoms with Gasteiger partial charge in [0, 0.05) is 18.1 Å². The van der Waals surface area contributed by atoms with Crippen molar-refractivity contribution in [1.82, 2.24) is 9.55 Å². The molecule has 0 aliphatic rings. The van der Waals surface area contributed by atoms with Crippen LogP contribution in [0.4, 0.5) is 0 Å². The molecule has 0 aliphatic carbocycles. The number of hydrogen-bond acceptors (Lipinski definition) is 3. The largest absolute Gasteiger partial charge is 0.340 e. The maximum atomic E-state index is 6.17. The van der Waals surface area contributed by atoms with Crippen molar-refractivity contribution in [1.29, 1.82) is 0 Å². The predicted octanol–water partition coefficient (Wildman–Crippen LogP) is 2.58. The van der Waals surface area contributed by atoms with Crippen LogP contribution < -0.4 is 5.73 Å². The fraction of sp³-hybridized carbons (Fsp3) is 0.308. The summed E-state index contributed by atoms with van der Waals surface area (Å²) in [6, 6.07) is 8.25. The molecule has 2 rings (SSSR count). The molecule has 3 nitrogen and oxygen atoms in total. The van der Waals surface area contributed by atoms with Crippen LogP contribution in [-0.4, -0.2) is 15.3 Å². The summed E-state index contributed by atoms with van der Waals surface area (Å²) in [4.78, 5) is 5.57. The van der Waals surface area contributed by atoms with Gasteiger partial charge in [-0.15, -0.1) is 11.8 Å². The Labute approximate surface area is 106 Å². The fourth-order valence-electron chi connectivity index (χ4n) is 1.70. The Bertz CT molecular complexity index is 476. The van der Waals surface area contributed by atoms with E-state index in [-0.39, 0.29) is 6.04 Å². The number of thioether (sulfide) groups is 1. The zero-order valence-electron chi connectivity index (χ0n) is 10.1. The predicted molar refractivity (Wildman–Crippen MR) is 72.1 cm³/mol. The van der Waals surface area contributed by atoms with Crippen molar-refractivity contribution in [3.8, 4) is 0 Å². The van der Waals surface area contributed by atoms with Gasteiger partial charge >= 0.3 is 0 Å². The molecule has 1 aromatic heterocycles. The third-order valence-electron chi connectivity index (χ3n) is 2.59. The Morgan fingerprint density at radius 1 is 1.35 bits per heavy atom. The van der Waals surface area contributed by atoms with E-state index in [4.69, 9.17) is 5.73 Å². The van der Waals surface area contributed by atoms with Gasteiger partial charge in [0.05, 0.1) is 18.1 Å². The van der Waals surface area contributed by atoms with E-state index in [0.717, 1.165) is 17.0 Å². The van der Waals surface area contributed by atoms with Gasteiger partial charge in [0.1, 0.15) is 0 Å². The topological polar surface area (TPSA) is 43.8 Å². The van der Waals surface area contributed by atoms with Gasteiger partial charge in [0.15, 0.2) is 0 Å². The van der Waals surface area contributed by atoms with Gasteiger partial charge in [-0.2, -0.15) is 0 Å². The van der Waals surface area contributed by atoms with Gasteiger partial charge in [-0.25, -0.2) is 4.98 Å². The summed E-state index contributed by atoms with van der Waals surface area (Å²) in [5, 5.41) is 0. The third kappa shape index (κ3) is 2.90. The molecule has 0 fully saturated rings. The third-order valence-corrected chi connectivity index (χ3v) is 3.49. The minimum atomic E-state index is -0.142. The molecule has 1 atom stereocenters. The molecule has 0 radical (unpaired) electrons. The number of rotatable bonds is 4. The van der Waals surface area contributed by atoms with Crippen LogP contribution in [0, 0.1) is 0 Å². The van der Waals surface area contributed by atoms with Gasteiger partial charge in [0.2, 0.25) is 0 Å². The van der Waals surface area contributed by atoms with Crippen molar-refractivity contribution in [2.24, 2.45) is 12.8 Å². The lowest BCUT2D eigenvalue weighted by atomic mass is 10.1. The molecular weight excluding hydrogens is 230 g/mol. The van der Waals surface area contributed by atoms with Gasteiger partial charge in [-0.3, -0.25) is 0 Å². The maximum absolute atomic E-state index is 6.17. The number of nitrogens with zero attached hydrogens (tertiary/aromatic N) is 2. The Morgan fingerprint density at radius 2 is 2.06 bits per heavy atom. The standard InChI is InChI=1S/C13H17N3S/c1-3-17-11-6-4-10(5-7-11)13(14)12-8-16(2)9-15-12/h4-9,13H,3,14H2,1-2H3. The smallest absolute Gasteiger partial charge is 0.0947 e. The number of nitrogens with two attached hydrogens (primary N) is 1. The van der Waals surface area contributed by atoms with Crippen molar-refractivity contribution in [2.45, 2.75) is 17.9 Å². The second-order valence-electron chi connectivity index (χ2n) is 3.94. The minimum Gasteiger partial charge on any atom is -0.340 e. The fourth-order valence-corrected chi connectivity index (χ4v) is 2.36. The molecule has 0 aliphatic heterocycles. The number of benzene rings is 1.